The Bertz CT molecular complexity index is 1240. The van der Waals surface area contributed by atoms with E-state index in [1.165, 1.54) is 35.5 Å². The fourth-order valence-corrected chi connectivity index (χ4v) is 6.31. The Morgan fingerprint density at radius 1 is 1.44 bits per heavy atom. The van der Waals surface area contributed by atoms with Gasteiger partial charge in [0.05, 0.1) is 6.04 Å². The summed E-state index contributed by atoms with van der Waals surface area (Å²) in [5.74, 6) is -2.03. The van der Waals surface area contributed by atoms with Gasteiger partial charge in [-0.05, 0) is 22.9 Å². The molecule has 16 nitrogen and oxygen atoms in total. The Hall–Kier alpha value is -3.29. The molecule has 2 aliphatic rings. The first-order valence-electron chi connectivity index (χ1n) is 10.3. The topological polar surface area (TPSA) is 230 Å². The summed E-state index contributed by atoms with van der Waals surface area (Å²) in [6, 6.07) is -1.11. The summed E-state index contributed by atoms with van der Waals surface area (Å²) in [4.78, 5) is 47.7. The quantitative estimate of drug-likeness (QED) is 0.113. The van der Waals surface area contributed by atoms with Gasteiger partial charge in [0, 0.05) is 29.6 Å². The molecule has 2 amide bonds. The number of aromatic nitrogens is 6. The molecule has 0 spiro atoms. The van der Waals surface area contributed by atoms with Crippen molar-refractivity contribution in [2.75, 3.05) is 30.9 Å². The maximum atomic E-state index is 13.0. The fourth-order valence-electron chi connectivity index (χ4n) is 3.42. The van der Waals surface area contributed by atoms with Crippen molar-refractivity contribution in [2.24, 2.45) is 10.9 Å². The number of carbonyl (C=O) groups excluding carboxylic acids is 2. The van der Waals surface area contributed by atoms with Crippen molar-refractivity contribution >= 4 is 63.7 Å². The summed E-state index contributed by atoms with van der Waals surface area (Å²) in [7, 11) is 1.24. The second-order valence-corrected chi connectivity index (χ2v) is 10.3. The predicted octanol–water partition coefficient (Wildman–Crippen LogP) is -1.49. The van der Waals surface area contributed by atoms with E-state index >= 15 is 0 Å². The van der Waals surface area contributed by atoms with E-state index in [9.17, 15) is 19.5 Å². The largest absolute Gasteiger partial charge is 0.477 e. The molecule has 0 radical (unpaired) electrons. The van der Waals surface area contributed by atoms with E-state index in [4.69, 9.17) is 16.3 Å². The third kappa shape index (κ3) is 4.86. The maximum absolute atomic E-state index is 13.0. The molecule has 4 rings (SSSR count). The third-order valence-corrected chi connectivity index (χ3v) is 8.09. The van der Waals surface area contributed by atoms with Gasteiger partial charge in [-0.1, -0.05) is 16.9 Å². The first kappa shape index (κ1) is 25.8. The van der Waals surface area contributed by atoms with Gasteiger partial charge in [-0.2, -0.15) is 9.36 Å². The summed E-state index contributed by atoms with van der Waals surface area (Å²) in [6.45, 7) is 2.19. The molecule has 36 heavy (non-hydrogen) atoms. The van der Waals surface area contributed by atoms with Crippen LogP contribution in [-0.4, -0.2) is 99.6 Å². The number of carbonyl (C=O) groups is 3. The first-order chi connectivity index (χ1) is 17.3. The van der Waals surface area contributed by atoms with E-state index in [-0.39, 0.29) is 34.2 Å². The summed E-state index contributed by atoms with van der Waals surface area (Å²) in [5, 5.41) is 27.7. The number of hydrogen-bond donors (Lipinski definition) is 4. The minimum Gasteiger partial charge on any atom is -0.477 e. The number of amides is 2. The summed E-state index contributed by atoms with van der Waals surface area (Å²) in [5.41, 5.74) is 11.4. The van der Waals surface area contributed by atoms with Crippen LogP contribution in [0.5, 0.6) is 0 Å². The molecule has 2 aliphatic heterocycles. The monoisotopic (exact) mass is 555 g/mol. The van der Waals surface area contributed by atoms with Crippen LogP contribution in [0.3, 0.4) is 0 Å². The van der Waals surface area contributed by atoms with Crippen LogP contribution in [-0.2, 0) is 19.2 Å². The van der Waals surface area contributed by atoms with Crippen LogP contribution < -0.4 is 16.8 Å². The Labute approximate surface area is 216 Å². The molecule has 0 saturated carbocycles. The Morgan fingerprint density at radius 3 is 2.86 bits per heavy atom. The molecule has 6 N–H and O–H groups in total. The zero-order valence-corrected chi connectivity index (χ0v) is 21.3. The van der Waals surface area contributed by atoms with Gasteiger partial charge in [-0.15, -0.1) is 16.9 Å². The molecule has 192 valence electrons. The van der Waals surface area contributed by atoms with Crippen LogP contribution in [0.1, 0.15) is 18.8 Å². The molecule has 0 aliphatic carbocycles. The molecule has 19 heteroatoms. The molecule has 4 heterocycles. The summed E-state index contributed by atoms with van der Waals surface area (Å²) >= 11 is 3.45. The van der Waals surface area contributed by atoms with Gasteiger partial charge in [0.15, 0.2) is 5.13 Å². The zero-order chi connectivity index (χ0) is 26.0. The van der Waals surface area contributed by atoms with Crippen molar-refractivity contribution in [1.29, 1.82) is 0 Å². The van der Waals surface area contributed by atoms with Crippen LogP contribution in [0, 0.1) is 0 Å². The fraction of sp³-hybridized carbons (Fsp3) is 0.471. The number of rotatable bonds is 10. The second kappa shape index (κ2) is 10.8. The van der Waals surface area contributed by atoms with Gasteiger partial charge >= 0.3 is 5.97 Å². The molecule has 1 fully saturated rings. The van der Waals surface area contributed by atoms with E-state index in [0.29, 0.717) is 23.0 Å². The van der Waals surface area contributed by atoms with Gasteiger partial charge in [0.25, 0.3) is 11.8 Å². The average Bonchev–Trinajstić information content (AvgIpc) is 3.51. The number of nitrogens with two attached hydrogens (primary N) is 2. The standard InChI is InChI=1S/C17H21N11O5S3/c1-6(3-18)28-17(22-25-26-28)35-5-7-4-34-14-9(13(30)27(14)10(7)15(31)32)20-12(29)8(23-33-2)11-21-16(19)36-24-11/h6,9,14H,3-5,18H2,1-2H3,(H,20,29)(H,31,32)(H2,19,21,24)/t6?,9?,14-/m0/s1. The van der Waals surface area contributed by atoms with Gasteiger partial charge in [-0.25, -0.2) is 9.48 Å². The number of nitrogen functional groups attached to an aromatic ring is 1. The number of nitrogens with zero attached hydrogens (tertiary/aromatic N) is 8. The van der Waals surface area contributed by atoms with E-state index in [0.717, 1.165) is 11.5 Å². The van der Waals surface area contributed by atoms with Crippen molar-refractivity contribution < 1.29 is 24.3 Å². The number of hydrogen-bond acceptors (Lipinski definition) is 15. The van der Waals surface area contributed by atoms with Crippen LogP contribution in [0.25, 0.3) is 0 Å². The smallest absolute Gasteiger partial charge is 0.352 e. The number of β-lactam (4-membered cyclic amide) rings is 1. The molecule has 2 aromatic heterocycles. The van der Waals surface area contributed by atoms with Gasteiger partial charge in [-0.3, -0.25) is 14.5 Å². The Balaban J connectivity index is 1.49. The van der Waals surface area contributed by atoms with Gasteiger partial charge < -0.3 is 26.7 Å². The summed E-state index contributed by atoms with van der Waals surface area (Å²) < 4.78 is 5.50. The van der Waals surface area contributed by atoms with Crippen LogP contribution >= 0.6 is 35.1 Å². The highest BCUT2D eigenvalue weighted by molar-refractivity contribution is 8.01. The van der Waals surface area contributed by atoms with Crippen molar-refractivity contribution in [3.63, 3.8) is 0 Å². The van der Waals surface area contributed by atoms with Gasteiger partial charge in [0.1, 0.15) is 24.2 Å². The van der Waals surface area contributed by atoms with E-state index in [2.05, 4.69) is 35.4 Å². The normalized spacial score (nSPS) is 20.6. The van der Waals surface area contributed by atoms with Crippen LogP contribution in [0.2, 0.25) is 0 Å². The number of carboxylic acids is 1. The second-order valence-electron chi connectivity index (χ2n) is 7.48. The predicted molar refractivity (Wildman–Crippen MR) is 130 cm³/mol. The minimum atomic E-state index is -1.24. The SMILES string of the molecule is CON=C(C(=O)NC1C(=O)N2C(C(=O)O)=C(CSc3nnnn3C(C)CN)CS[C@@H]12)c1nsc(N)n1. The van der Waals surface area contributed by atoms with E-state index < -0.39 is 29.2 Å². The molecule has 0 bridgehead atoms. The molecular formula is C17H21N11O5S3. The molecule has 0 aromatic carbocycles. The number of nitrogens with one attached hydrogen (secondary N) is 1. The molecule has 2 aromatic rings. The number of carboxylic acid groups (broad SMARTS) is 1. The maximum Gasteiger partial charge on any atom is 0.352 e. The third-order valence-electron chi connectivity index (χ3n) is 5.18. The lowest BCUT2D eigenvalue weighted by atomic mass is 10.0. The molecule has 3 atom stereocenters. The average molecular weight is 556 g/mol. The lowest BCUT2D eigenvalue weighted by Gasteiger charge is -2.49. The Kier molecular flexibility index (Phi) is 7.71. The molecular weight excluding hydrogens is 534 g/mol. The number of tetrazole rings is 1. The van der Waals surface area contributed by atoms with Gasteiger partial charge in [0.2, 0.25) is 16.7 Å². The highest BCUT2D eigenvalue weighted by Crippen LogP contribution is 2.41. The number of aliphatic carboxylic acids is 1. The van der Waals surface area contributed by atoms with Crippen LogP contribution in [0.15, 0.2) is 21.6 Å². The molecule has 2 unspecified atom stereocenters. The summed E-state index contributed by atoms with van der Waals surface area (Å²) in [6.07, 6.45) is 0. The van der Waals surface area contributed by atoms with Crippen molar-refractivity contribution in [3.8, 4) is 0 Å². The first-order valence-corrected chi connectivity index (χ1v) is 13.1. The minimum absolute atomic E-state index is 0.0477. The number of anilines is 1. The van der Waals surface area contributed by atoms with Crippen molar-refractivity contribution in [2.45, 2.75) is 29.5 Å². The van der Waals surface area contributed by atoms with Crippen molar-refractivity contribution in [1.82, 2.24) is 39.8 Å². The lowest BCUT2D eigenvalue weighted by Crippen LogP contribution is -2.71. The zero-order valence-electron chi connectivity index (χ0n) is 18.9. The molecule has 1 saturated heterocycles. The van der Waals surface area contributed by atoms with Crippen molar-refractivity contribution in [3.05, 3.63) is 17.1 Å². The van der Waals surface area contributed by atoms with E-state index in [1.54, 1.807) is 4.68 Å². The number of oxime groups is 1. The highest BCUT2D eigenvalue weighted by Gasteiger charge is 2.54. The Morgan fingerprint density at radius 2 is 2.22 bits per heavy atom. The van der Waals surface area contributed by atoms with E-state index in [1.807, 2.05) is 6.92 Å². The highest BCUT2D eigenvalue weighted by atomic mass is 32.2. The van der Waals surface area contributed by atoms with Crippen LogP contribution in [0.4, 0.5) is 5.13 Å². The number of thioether (sulfide) groups is 2. The number of fused-ring (bicyclic) bond motifs is 1. The lowest BCUT2D eigenvalue weighted by molar-refractivity contribution is -0.150.